The van der Waals surface area contributed by atoms with Gasteiger partial charge in [0.15, 0.2) is 6.61 Å². The predicted octanol–water partition coefficient (Wildman–Crippen LogP) is 4.56. The maximum atomic E-state index is 11.9. The zero-order chi connectivity index (χ0) is 21.4. The third-order valence-corrected chi connectivity index (χ3v) is 4.34. The molecule has 0 radical (unpaired) electrons. The van der Waals surface area contributed by atoms with Gasteiger partial charge in [0.1, 0.15) is 5.75 Å². The second-order valence-corrected chi connectivity index (χ2v) is 7.01. The van der Waals surface area contributed by atoms with Crippen molar-refractivity contribution in [2.24, 2.45) is 0 Å². The minimum absolute atomic E-state index is 0.137. The Kier molecular flexibility index (Phi) is 8.57. The van der Waals surface area contributed by atoms with Crippen LogP contribution in [-0.2, 0) is 19.1 Å². The zero-order valence-electron chi connectivity index (χ0n) is 15.3. The standard InChI is InChI=1S/C19H17Cl3N2O5/c1-28-16-5-3-12(21)9-15(16)24-18(26)10-29-19(27)7-6-17(25)23-14-4-2-11(20)8-13(14)22/h2-5,8-9H,6-7,10H2,1H3,(H,23,25)(H,24,26). The normalized spacial score (nSPS) is 10.2. The van der Waals surface area contributed by atoms with Crippen molar-refractivity contribution in [3.8, 4) is 5.75 Å². The van der Waals surface area contributed by atoms with Crippen molar-refractivity contribution in [3.63, 3.8) is 0 Å². The highest BCUT2D eigenvalue weighted by atomic mass is 35.5. The lowest BCUT2D eigenvalue weighted by atomic mass is 10.2. The van der Waals surface area contributed by atoms with Crippen LogP contribution < -0.4 is 15.4 Å². The smallest absolute Gasteiger partial charge is 0.306 e. The number of nitrogens with one attached hydrogen (secondary N) is 2. The molecule has 0 saturated heterocycles. The number of methoxy groups -OCH3 is 1. The van der Waals surface area contributed by atoms with E-state index in [0.29, 0.717) is 27.2 Å². The van der Waals surface area contributed by atoms with E-state index in [1.54, 1.807) is 24.3 Å². The second kappa shape index (κ2) is 10.9. The van der Waals surface area contributed by atoms with Crippen LogP contribution in [0.2, 0.25) is 15.1 Å². The van der Waals surface area contributed by atoms with Crippen LogP contribution in [0.4, 0.5) is 11.4 Å². The Balaban J connectivity index is 1.76. The van der Waals surface area contributed by atoms with Crippen molar-refractivity contribution >= 4 is 64.0 Å². The summed E-state index contributed by atoms with van der Waals surface area (Å²) in [5.41, 5.74) is 0.726. The first kappa shape index (κ1) is 22.8. The number of hydrogen-bond acceptors (Lipinski definition) is 5. The number of benzene rings is 2. The van der Waals surface area contributed by atoms with E-state index in [1.165, 1.54) is 19.2 Å². The Hall–Kier alpha value is -2.48. The molecule has 10 heteroatoms. The molecule has 2 amide bonds. The lowest BCUT2D eigenvalue weighted by Crippen LogP contribution is -2.22. The Bertz CT molecular complexity index is 921. The first-order valence-corrected chi connectivity index (χ1v) is 9.46. The van der Waals surface area contributed by atoms with Crippen LogP contribution in [0.25, 0.3) is 0 Å². The van der Waals surface area contributed by atoms with Crippen molar-refractivity contribution in [2.45, 2.75) is 12.8 Å². The van der Waals surface area contributed by atoms with Crippen LogP contribution in [0.1, 0.15) is 12.8 Å². The number of carbonyl (C=O) groups is 3. The molecule has 29 heavy (non-hydrogen) atoms. The summed E-state index contributed by atoms with van der Waals surface area (Å²) in [5.74, 6) is -1.29. The van der Waals surface area contributed by atoms with E-state index >= 15 is 0 Å². The molecule has 0 fully saturated rings. The third-order valence-electron chi connectivity index (χ3n) is 3.56. The summed E-state index contributed by atoms with van der Waals surface area (Å²) in [6, 6.07) is 9.32. The summed E-state index contributed by atoms with van der Waals surface area (Å²) in [6.45, 7) is -0.515. The van der Waals surface area contributed by atoms with Gasteiger partial charge in [-0.3, -0.25) is 14.4 Å². The number of hydrogen-bond donors (Lipinski definition) is 2. The molecular formula is C19H17Cl3N2O5. The van der Waals surface area contributed by atoms with Gasteiger partial charge in [0.05, 0.1) is 29.9 Å². The van der Waals surface area contributed by atoms with E-state index in [4.69, 9.17) is 44.3 Å². The number of halogens is 3. The predicted molar refractivity (Wildman–Crippen MR) is 112 cm³/mol. The lowest BCUT2D eigenvalue weighted by molar-refractivity contribution is -0.147. The van der Waals surface area contributed by atoms with Crippen molar-refractivity contribution in [1.82, 2.24) is 0 Å². The third kappa shape index (κ3) is 7.45. The Morgan fingerprint density at radius 2 is 1.52 bits per heavy atom. The van der Waals surface area contributed by atoms with E-state index in [1.807, 2.05) is 0 Å². The fourth-order valence-corrected chi connectivity index (χ4v) is 2.83. The van der Waals surface area contributed by atoms with E-state index in [2.05, 4.69) is 10.6 Å². The quantitative estimate of drug-likeness (QED) is 0.565. The summed E-state index contributed by atoms with van der Waals surface area (Å²) in [6.07, 6.45) is -0.341. The molecule has 2 N–H and O–H groups in total. The Morgan fingerprint density at radius 1 is 0.862 bits per heavy atom. The van der Waals surface area contributed by atoms with Crippen molar-refractivity contribution in [2.75, 3.05) is 24.4 Å². The lowest BCUT2D eigenvalue weighted by Gasteiger charge is -2.11. The molecule has 0 spiro atoms. The van der Waals surface area contributed by atoms with E-state index in [9.17, 15) is 14.4 Å². The molecule has 0 unspecified atom stereocenters. The molecule has 0 aliphatic carbocycles. The fraction of sp³-hybridized carbons (Fsp3) is 0.211. The summed E-state index contributed by atoms with van der Waals surface area (Å²) in [4.78, 5) is 35.6. The van der Waals surface area contributed by atoms with Gasteiger partial charge in [0, 0.05) is 16.5 Å². The average Bonchev–Trinajstić information content (AvgIpc) is 2.67. The number of anilines is 2. The van der Waals surface area contributed by atoms with Crippen LogP contribution >= 0.6 is 34.8 Å². The summed E-state index contributed by atoms with van der Waals surface area (Å²) < 4.78 is 9.98. The maximum Gasteiger partial charge on any atom is 0.306 e. The van der Waals surface area contributed by atoms with Gasteiger partial charge in [-0.1, -0.05) is 34.8 Å². The molecule has 0 aliphatic heterocycles. The van der Waals surface area contributed by atoms with Gasteiger partial charge >= 0.3 is 5.97 Å². The molecule has 2 aromatic carbocycles. The zero-order valence-corrected chi connectivity index (χ0v) is 17.5. The van der Waals surface area contributed by atoms with Gasteiger partial charge in [-0.15, -0.1) is 0 Å². The highest BCUT2D eigenvalue weighted by Gasteiger charge is 2.13. The molecule has 0 bridgehead atoms. The molecule has 0 atom stereocenters. The van der Waals surface area contributed by atoms with Crippen LogP contribution in [0.5, 0.6) is 5.75 Å². The van der Waals surface area contributed by atoms with Crippen LogP contribution in [0.3, 0.4) is 0 Å². The first-order valence-electron chi connectivity index (χ1n) is 8.32. The maximum absolute atomic E-state index is 11.9. The molecular weight excluding hydrogens is 443 g/mol. The monoisotopic (exact) mass is 458 g/mol. The highest BCUT2D eigenvalue weighted by molar-refractivity contribution is 6.36. The number of rotatable bonds is 8. The van der Waals surface area contributed by atoms with Gasteiger partial charge in [0.25, 0.3) is 5.91 Å². The van der Waals surface area contributed by atoms with Crippen LogP contribution in [0.15, 0.2) is 36.4 Å². The molecule has 0 aliphatic rings. The SMILES string of the molecule is COc1ccc(Cl)cc1NC(=O)COC(=O)CCC(=O)Nc1ccc(Cl)cc1Cl. The van der Waals surface area contributed by atoms with Crippen molar-refractivity contribution in [1.29, 1.82) is 0 Å². The first-order chi connectivity index (χ1) is 13.8. The summed E-state index contributed by atoms with van der Waals surface area (Å²) in [5, 5.41) is 6.22. The fourth-order valence-electron chi connectivity index (χ4n) is 2.20. The average molecular weight is 460 g/mol. The number of carbonyl (C=O) groups excluding carboxylic acids is 3. The molecule has 2 rings (SSSR count). The number of esters is 1. The molecule has 0 saturated carbocycles. The van der Waals surface area contributed by atoms with Gasteiger partial charge in [-0.2, -0.15) is 0 Å². The van der Waals surface area contributed by atoms with E-state index in [-0.39, 0.29) is 17.9 Å². The van der Waals surface area contributed by atoms with Gasteiger partial charge in [0.2, 0.25) is 5.91 Å². The van der Waals surface area contributed by atoms with Crippen LogP contribution in [0, 0.1) is 0 Å². The summed E-state index contributed by atoms with van der Waals surface area (Å²) >= 11 is 17.6. The molecule has 2 aromatic rings. The van der Waals surface area contributed by atoms with Gasteiger partial charge in [-0.25, -0.2) is 0 Å². The summed E-state index contributed by atoms with van der Waals surface area (Å²) in [7, 11) is 1.45. The Morgan fingerprint density at radius 3 is 2.21 bits per heavy atom. The highest BCUT2D eigenvalue weighted by Crippen LogP contribution is 2.27. The van der Waals surface area contributed by atoms with Crippen molar-refractivity contribution in [3.05, 3.63) is 51.5 Å². The topological polar surface area (TPSA) is 93.7 Å². The molecule has 154 valence electrons. The van der Waals surface area contributed by atoms with Gasteiger partial charge < -0.3 is 20.1 Å². The van der Waals surface area contributed by atoms with E-state index in [0.717, 1.165) is 0 Å². The van der Waals surface area contributed by atoms with Gasteiger partial charge in [-0.05, 0) is 36.4 Å². The molecule has 0 aromatic heterocycles. The van der Waals surface area contributed by atoms with Crippen molar-refractivity contribution < 1.29 is 23.9 Å². The van der Waals surface area contributed by atoms with E-state index < -0.39 is 24.4 Å². The minimum atomic E-state index is -0.699. The number of ether oxygens (including phenoxy) is 2. The Labute approximate surface area is 182 Å². The second-order valence-electron chi connectivity index (χ2n) is 5.73. The largest absolute Gasteiger partial charge is 0.495 e. The minimum Gasteiger partial charge on any atom is -0.495 e. The van der Waals surface area contributed by atoms with Crippen LogP contribution in [-0.4, -0.2) is 31.5 Å². The number of amides is 2. The molecule has 7 nitrogen and oxygen atoms in total. The molecule has 0 heterocycles.